The van der Waals surface area contributed by atoms with Crippen LogP contribution in [-0.4, -0.2) is 43.5 Å². The molecule has 6 heteroatoms. The first-order valence-electron chi connectivity index (χ1n) is 7.27. The molecule has 5 nitrogen and oxygen atoms in total. The van der Waals surface area contributed by atoms with Gasteiger partial charge < -0.3 is 5.32 Å². The molecule has 0 radical (unpaired) electrons. The van der Waals surface area contributed by atoms with E-state index in [2.05, 4.69) is 5.32 Å². The van der Waals surface area contributed by atoms with Crippen LogP contribution in [0, 0.1) is 6.92 Å². The molecule has 0 bridgehead atoms. The molecule has 2 rings (SSSR count). The summed E-state index contributed by atoms with van der Waals surface area (Å²) in [5, 5.41) is 2.99. The van der Waals surface area contributed by atoms with Crippen LogP contribution in [0.15, 0.2) is 24.3 Å². The minimum atomic E-state index is -3.11. The third-order valence-electron chi connectivity index (χ3n) is 3.83. The van der Waals surface area contributed by atoms with Crippen molar-refractivity contribution in [2.75, 3.05) is 18.8 Å². The molecule has 0 spiro atoms. The Morgan fingerprint density at radius 3 is 2.57 bits per heavy atom. The van der Waals surface area contributed by atoms with E-state index in [9.17, 15) is 13.2 Å². The number of hydrogen-bond donors (Lipinski definition) is 1. The van der Waals surface area contributed by atoms with E-state index in [1.807, 2.05) is 25.1 Å². The molecular weight excluding hydrogens is 288 g/mol. The lowest BCUT2D eigenvalue weighted by atomic mass is 10.1. The van der Waals surface area contributed by atoms with Gasteiger partial charge >= 0.3 is 0 Å². The number of carbonyl (C=O) groups is 1. The minimum absolute atomic E-state index is 0.0429. The lowest BCUT2D eigenvalue weighted by molar-refractivity contribution is 0.0924. The van der Waals surface area contributed by atoms with Crippen LogP contribution in [0.3, 0.4) is 0 Å². The number of nitrogens with one attached hydrogen (secondary N) is 1. The van der Waals surface area contributed by atoms with E-state index in [4.69, 9.17) is 0 Å². The fourth-order valence-electron chi connectivity index (χ4n) is 2.52. The monoisotopic (exact) mass is 310 g/mol. The van der Waals surface area contributed by atoms with Crippen molar-refractivity contribution in [3.05, 3.63) is 35.4 Å². The van der Waals surface area contributed by atoms with Crippen LogP contribution < -0.4 is 5.32 Å². The van der Waals surface area contributed by atoms with Crippen molar-refractivity contribution in [2.45, 2.75) is 32.7 Å². The van der Waals surface area contributed by atoms with Gasteiger partial charge in [-0.2, -0.15) is 0 Å². The van der Waals surface area contributed by atoms with Crippen LogP contribution in [0.5, 0.6) is 0 Å². The molecular formula is C15H22N2O3S. The van der Waals surface area contributed by atoms with Crippen molar-refractivity contribution in [1.82, 2.24) is 9.62 Å². The molecule has 1 aromatic carbocycles. The fraction of sp³-hybridized carbons (Fsp3) is 0.533. The van der Waals surface area contributed by atoms with E-state index in [-0.39, 0.29) is 17.7 Å². The number of sulfonamides is 1. The number of benzene rings is 1. The summed E-state index contributed by atoms with van der Waals surface area (Å²) in [5.74, 6) is 0.0448. The largest absolute Gasteiger partial charge is 0.349 e. The van der Waals surface area contributed by atoms with Gasteiger partial charge in [-0.05, 0) is 38.8 Å². The number of nitrogens with zero attached hydrogens (tertiary/aromatic N) is 1. The van der Waals surface area contributed by atoms with Gasteiger partial charge in [-0.25, -0.2) is 12.7 Å². The van der Waals surface area contributed by atoms with E-state index in [0.29, 0.717) is 31.5 Å². The van der Waals surface area contributed by atoms with Gasteiger partial charge in [0.25, 0.3) is 5.91 Å². The number of hydrogen-bond acceptors (Lipinski definition) is 3. The van der Waals surface area contributed by atoms with Crippen molar-refractivity contribution in [1.29, 1.82) is 0 Å². The number of piperidine rings is 1. The molecule has 1 aromatic rings. The molecule has 0 atom stereocenters. The summed E-state index contributed by atoms with van der Waals surface area (Å²) in [5.41, 5.74) is 1.70. The lowest BCUT2D eigenvalue weighted by Gasteiger charge is -2.31. The predicted molar refractivity (Wildman–Crippen MR) is 82.7 cm³/mol. The van der Waals surface area contributed by atoms with Gasteiger partial charge in [0.1, 0.15) is 0 Å². The standard InChI is InChI=1S/C15H22N2O3S/c1-3-21(19,20)17-9-7-14(8-10-17)16-15(18)13-6-4-5-12(2)11-13/h4-6,11,14H,3,7-10H2,1-2H3,(H,16,18). The summed E-state index contributed by atoms with van der Waals surface area (Å²) >= 11 is 0. The maximum Gasteiger partial charge on any atom is 0.251 e. The van der Waals surface area contributed by atoms with Crippen LogP contribution in [-0.2, 0) is 10.0 Å². The maximum atomic E-state index is 12.2. The third-order valence-corrected chi connectivity index (χ3v) is 5.71. The van der Waals surface area contributed by atoms with Gasteiger partial charge in [-0.3, -0.25) is 4.79 Å². The van der Waals surface area contributed by atoms with Crippen LogP contribution in [0.2, 0.25) is 0 Å². The lowest BCUT2D eigenvalue weighted by Crippen LogP contribution is -2.46. The molecule has 0 saturated carbocycles. The van der Waals surface area contributed by atoms with E-state index in [1.165, 1.54) is 4.31 Å². The van der Waals surface area contributed by atoms with Crippen molar-refractivity contribution in [3.63, 3.8) is 0 Å². The molecule has 1 heterocycles. The second kappa shape index (κ2) is 6.58. The van der Waals surface area contributed by atoms with Gasteiger partial charge in [0.05, 0.1) is 5.75 Å². The first kappa shape index (κ1) is 16.0. The van der Waals surface area contributed by atoms with Gasteiger partial charge in [0, 0.05) is 24.7 Å². The van der Waals surface area contributed by atoms with E-state index < -0.39 is 10.0 Å². The van der Waals surface area contributed by atoms with Crippen molar-refractivity contribution < 1.29 is 13.2 Å². The average Bonchev–Trinajstić information content (AvgIpc) is 2.48. The summed E-state index contributed by atoms with van der Waals surface area (Å²) in [6.07, 6.45) is 1.33. The second-order valence-corrected chi connectivity index (χ2v) is 7.67. The summed E-state index contributed by atoms with van der Waals surface area (Å²) < 4.78 is 25.1. The minimum Gasteiger partial charge on any atom is -0.349 e. The zero-order valence-electron chi connectivity index (χ0n) is 12.5. The quantitative estimate of drug-likeness (QED) is 0.917. The zero-order chi connectivity index (χ0) is 15.5. The highest BCUT2D eigenvalue weighted by molar-refractivity contribution is 7.89. The van der Waals surface area contributed by atoms with E-state index in [1.54, 1.807) is 13.0 Å². The highest BCUT2D eigenvalue weighted by Crippen LogP contribution is 2.15. The Bertz CT molecular complexity index is 605. The molecule has 1 saturated heterocycles. The smallest absolute Gasteiger partial charge is 0.251 e. The molecule has 21 heavy (non-hydrogen) atoms. The predicted octanol–water partition coefficient (Wildman–Crippen LogP) is 1.54. The molecule has 1 N–H and O–H groups in total. The Hall–Kier alpha value is -1.40. The molecule has 116 valence electrons. The number of carbonyl (C=O) groups excluding carboxylic acids is 1. The van der Waals surface area contributed by atoms with Gasteiger partial charge in [-0.15, -0.1) is 0 Å². The Morgan fingerprint density at radius 1 is 1.33 bits per heavy atom. The molecule has 1 aliphatic rings. The number of aryl methyl sites for hydroxylation is 1. The molecule has 0 aliphatic carbocycles. The molecule has 0 unspecified atom stereocenters. The van der Waals surface area contributed by atoms with E-state index >= 15 is 0 Å². The topological polar surface area (TPSA) is 66.5 Å². The van der Waals surface area contributed by atoms with Gasteiger partial charge in [0.2, 0.25) is 10.0 Å². The highest BCUT2D eigenvalue weighted by Gasteiger charge is 2.27. The first-order valence-corrected chi connectivity index (χ1v) is 8.88. The van der Waals surface area contributed by atoms with Crippen LogP contribution in [0.25, 0.3) is 0 Å². The van der Waals surface area contributed by atoms with Crippen LogP contribution in [0.4, 0.5) is 0 Å². The summed E-state index contributed by atoms with van der Waals surface area (Å²) in [6.45, 7) is 4.57. The average molecular weight is 310 g/mol. The Balaban J connectivity index is 1.91. The number of amides is 1. The Morgan fingerprint density at radius 2 is 2.00 bits per heavy atom. The van der Waals surface area contributed by atoms with Crippen molar-refractivity contribution in [2.24, 2.45) is 0 Å². The second-order valence-electron chi connectivity index (χ2n) is 5.42. The van der Waals surface area contributed by atoms with Gasteiger partial charge in [0.15, 0.2) is 0 Å². The van der Waals surface area contributed by atoms with Crippen LogP contribution in [0.1, 0.15) is 35.7 Å². The third kappa shape index (κ3) is 4.04. The van der Waals surface area contributed by atoms with Crippen molar-refractivity contribution in [3.8, 4) is 0 Å². The van der Waals surface area contributed by atoms with Gasteiger partial charge in [-0.1, -0.05) is 17.7 Å². The molecule has 1 aliphatic heterocycles. The van der Waals surface area contributed by atoms with Crippen molar-refractivity contribution >= 4 is 15.9 Å². The maximum absolute atomic E-state index is 12.2. The van der Waals surface area contributed by atoms with Crippen LogP contribution >= 0.6 is 0 Å². The molecule has 0 aromatic heterocycles. The number of rotatable bonds is 4. The molecule has 1 amide bonds. The normalized spacial score (nSPS) is 17.6. The SMILES string of the molecule is CCS(=O)(=O)N1CCC(NC(=O)c2cccc(C)c2)CC1. The first-order chi connectivity index (χ1) is 9.92. The summed E-state index contributed by atoms with van der Waals surface area (Å²) in [7, 11) is -3.11. The zero-order valence-corrected chi connectivity index (χ0v) is 13.3. The fourth-order valence-corrected chi connectivity index (χ4v) is 3.65. The molecule has 1 fully saturated rings. The Kier molecular flexibility index (Phi) is 5.00. The Labute approximate surface area is 126 Å². The highest BCUT2D eigenvalue weighted by atomic mass is 32.2. The van der Waals surface area contributed by atoms with E-state index in [0.717, 1.165) is 5.56 Å². The summed E-state index contributed by atoms with van der Waals surface area (Å²) in [6, 6.07) is 7.50. The summed E-state index contributed by atoms with van der Waals surface area (Å²) in [4.78, 5) is 12.2.